The van der Waals surface area contributed by atoms with E-state index in [9.17, 15) is 0 Å². The van der Waals surface area contributed by atoms with Gasteiger partial charge in [-0.1, -0.05) is 0 Å². The molecule has 0 aromatic rings. The second kappa shape index (κ2) is 2.76. The highest BCUT2D eigenvalue weighted by atomic mass is 15.2. The molecule has 2 heteroatoms. The van der Waals surface area contributed by atoms with Gasteiger partial charge in [-0.15, -0.1) is 0 Å². The fourth-order valence-electron chi connectivity index (χ4n) is 0.907. The van der Waals surface area contributed by atoms with E-state index in [0.717, 1.165) is 13.1 Å². The normalized spacial score (nSPS) is 18.9. The maximum atomic E-state index is 2.31. The van der Waals surface area contributed by atoms with Gasteiger partial charge >= 0.3 is 0 Å². The Morgan fingerprint density at radius 2 is 2.11 bits per heavy atom. The van der Waals surface area contributed by atoms with E-state index in [4.69, 9.17) is 0 Å². The Kier molecular flexibility index (Phi) is 1.98. The number of nitrogens with zero attached hydrogens (tertiary/aromatic N) is 2. The third-order valence-corrected chi connectivity index (χ3v) is 1.68. The quantitative estimate of drug-likeness (QED) is 0.511. The lowest BCUT2D eigenvalue weighted by molar-refractivity contribution is 0.298. The molecule has 1 heterocycles. The number of hydrogen-bond acceptors (Lipinski definition) is 2. The molecule has 1 aliphatic heterocycles. The summed E-state index contributed by atoms with van der Waals surface area (Å²) in [4.78, 5) is 4.51. The molecule has 0 bridgehead atoms. The van der Waals surface area contributed by atoms with Crippen molar-refractivity contribution in [3.8, 4) is 0 Å². The monoisotopic (exact) mass is 126 g/mol. The van der Waals surface area contributed by atoms with Crippen LogP contribution in [0.2, 0.25) is 0 Å². The molecule has 0 radical (unpaired) electrons. The summed E-state index contributed by atoms with van der Waals surface area (Å²) in [5.74, 6) is 0. The third kappa shape index (κ3) is 1.63. The zero-order valence-electron chi connectivity index (χ0n) is 6.17. The highest BCUT2D eigenvalue weighted by Gasteiger charge is 2.02. The predicted molar refractivity (Wildman–Crippen MR) is 39.0 cm³/mol. The summed E-state index contributed by atoms with van der Waals surface area (Å²) in [6, 6.07) is 0. The van der Waals surface area contributed by atoms with Crippen molar-refractivity contribution in [3.05, 3.63) is 12.4 Å². The van der Waals surface area contributed by atoms with Crippen molar-refractivity contribution in [2.75, 3.05) is 26.7 Å². The molecule has 2 nitrogen and oxygen atoms in total. The van der Waals surface area contributed by atoms with Crippen LogP contribution >= 0.6 is 0 Å². The van der Waals surface area contributed by atoms with Crippen molar-refractivity contribution < 1.29 is 0 Å². The van der Waals surface area contributed by atoms with E-state index in [2.05, 4.69) is 36.2 Å². The van der Waals surface area contributed by atoms with Gasteiger partial charge in [0.25, 0.3) is 0 Å². The van der Waals surface area contributed by atoms with Crippen molar-refractivity contribution in [3.63, 3.8) is 0 Å². The van der Waals surface area contributed by atoms with Crippen molar-refractivity contribution >= 4 is 0 Å². The molecule has 0 aromatic heterocycles. The third-order valence-electron chi connectivity index (χ3n) is 1.68. The first-order chi connectivity index (χ1) is 4.33. The van der Waals surface area contributed by atoms with Crippen molar-refractivity contribution in [2.45, 2.75) is 6.92 Å². The second-order valence-electron chi connectivity index (χ2n) is 2.41. The molecule has 0 N–H and O–H groups in total. The standard InChI is InChI=1S/C7H14N2/c1-3-9-6-4-8(2)5-7-9/h4,6H,3,5,7H2,1-2H3. The molecular weight excluding hydrogens is 112 g/mol. The van der Waals surface area contributed by atoms with Crippen LogP contribution in [-0.4, -0.2) is 36.5 Å². The highest BCUT2D eigenvalue weighted by molar-refractivity contribution is 4.86. The summed E-state index contributed by atoms with van der Waals surface area (Å²) < 4.78 is 0. The number of rotatable bonds is 1. The topological polar surface area (TPSA) is 6.48 Å². The zero-order chi connectivity index (χ0) is 6.69. The van der Waals surface area contributed by atoms with Gasteiger partial charge in [0.05, 0.1) is 0 Å². The van der Waals surface area contributed by atoms with E-state index in [1.54, 1.807) is 0 Å². The summed E-state index contributed by atoms with van der Waals surface area (Å²) in [6.07, 6.45) is 4.26. The van der Waals surface area contributed by atoms with Crippen LogP contribution in [0.15, 0.2) is 12.4 Å². The lowest BCUT2D eigenvalue weighted by Crippen LogP contribution is -2.32. The van der Waals surface area contributed by atoms with E-state index >= 15 is 0 Å². The molecule has 9 heavy (non-hydrogen) atoms. The predicted octanol–water partition coefficient (Wildman–Crippen LogP) is 0.725. The zero-order valence-corrected chi connectivity index (χ0v) is 6.17. The summed E-state index contributed by atoms with van der Waals surface area (Å²) in [7, 11) is 2.10. The maximum absolute atomic E-state index is 2.31. The first-order valence-electron chi connectivity index (χ1n) is 3.45. The lowest BCUT2D eigenvalue weighted by Gasteiger charge is -2.27. The van der Waals surface area contributed by atoms with Gasteiger partial charge in [0.15, 0.2) is 0 Å². The minimum Gasteiger partial charge on any atom is -0.377 e. The van der Waals surface area contributed by atoms with Crippen LogP contribution in [0.4, 0.5) is 0 Å². The minimum absolute atomic E-state index is 1.13. The highest BCUT2D eigenvalue weighted by Crippen LogP contribution is 1.98. The molecule has 52 valence electrons. The number of hydrogen-bond donors (Lipinski definition) is 0. The van der Waals surface area contributed by atoms with Crippen LogP contribution < -0.4 is 0 Å². The summed E-state index contributed by atoms with van der Waals surface area (Å²) in [6.45, 7) is 5.63. The average molecular weight is 126 g/mol. The molecule has 0 atom stereocenters. The largest absolute Gasteiger partial charge is 0.377 e. The first kappa shape index (κ1) is 6.46. The van der Waals surface area contributed by atoms with Crippen LogP contribution in [0.25, 0.3) is 0 Å². The van der Waals surface area contributed by atoms with Gasteiger partial charge < -0.3 is 9.80 Å². The van der Waals surface area contributed by atoms with E-state index < -0.39 is 0 Å². The van der Waals surface area contributed by atoms with Gasteiger partial charge in [0.2, 0.25) is 0 Å². The van der Waals surface area contributed by atoms with Gasteiger partial charge in [-0.25, -0.2) is 0 Å². The SMILES string of the molecule is CCN1C=CN(C)CC1. The van der Waals surface area contributed by atoms with Crippen molar-refractivity contribution in [1.82, 2.24) is 9.80 Å². The number of likely N-dealkylation sites (N-methyl/N-ethyl adjacent to an activating group) is 2. The van der Waals surface area contributed by atoms with Crippen molar-refractivity contribution in [1.29, 1.82) is 0 Å². The van der Waals surface area contributed by atoms with Gasteiger partial charge in [0, 0.05) is 39.1 Å². The molecule has 0 aliphatic carbocycles. The Morgan fingerprint density at radius 3 is 2.56 bits per heavy atom. The molecule has 0 spiro atoms. The van der Waals surface area contributed by atoms with Crippen LogP contribution in [-0.2, 0) is 0 Å². The molecule has 1 rings (SSSR count). The fraction of sp³-hybridized carbons (Fsp3) is 0.714. The van der Waals surface area contributed by atoms with Crippen LogP contribution in [0.5, 0.6) is 0 Å². The molecule has 0 unspecified atom stereocenters. The van der Waals surface area contributed by atoms with E-state index in [1.165, 1.54) is 6.54 Å². The van der Waals surface area contributed by atoms with E-state index in [1.807, 2.05) is 0 Å². The Bertz CT molecular complexity index is 109. The minimum atomic E-state index is 1.13. The summed E-state index contributed by atoms with van der Waals surface area (Å²) >= 11 is 0. The van der Waals surface area contributed by atoms with Crippen LogP contribution in [0.3, 0.4) is 0 Å². The lowest BCUT2D eigenvalue weighted by atomic mass is 10.4. The Morgan fingerprint density at radius 1 is 1.33 bits per heavy atom. The van der Waals surface area contributed by atoms with Crippen LogP contribution in [0.1, 0.15) is 6.92 Å². The second-order valence-corrected chi connectivity index (χ2v) is 2.41. The van der Waals surface area contributed by atoms with Gasteiger partial charge in [-0.2, -0.15) is 0 Å². The van der Waals surface area contributed by atoms with E-state index in [0.29, 0.717) is 0 Å². The average Bonchev–Trinajstić information content (AvgIpc) is 1.90. The first-order valence-corrected chi connectivity index (χ1v) is 3.45. The fourth-order valence-corrected chi connectivity index (χ4v) is 0.907. The summed E-state index contributed by atoms with van der Waals surface area (Å²) in [5, 5.41) is 0. The molecule has 1 aliphatic rings. The Balaban J connectivity index is 2.38. The molecule has 0 saturated carbocycles. The van der Waals surface area contributed by atoms with Gasteiger partial charge in [-0.3, -0.25) is 0 Å². The Hall–Kier alpha value is -0.660. The summed E-state index contributed by atoms with van der Waals surface area (Å²) in [5.41, 5.74) is 0. The van der Waals surface area contributed by atoms with E-state index in [-0.39, 0.29) is 0 Å². The van der Waals surface area contributed by atoms with Gasteiger partial charge in [0.1, 0.15) is 0 Å². The smallest absolute Gasteiger partial charge is 0.0348 e. The van der Waals surface area contributed by atoms with Crippen LogP contribution in [0, 0.1) is 0 Å². The maximum Gasteiger partial charge on any atom is 0.0348 e. The molecule has 0 aromatic carbocycles. The van der Waals surface area contributed by atoms with Crippen molar-refractivity contribution in [2.24, 2.45) is 0 Å². The molecule has 0 saturated heterocycles. The molecular formula is C7H14N2. The van der Waals surface area contributed by atoms with Gasteiger partial charge in [-0.05, 0) is 6.92 Å². The molecule has 0 amide bonds. The Labute approximate surface area is 56.8 Å². The molecule has 0 fully saturated rings.